The summed E-state index contributed by atoms with van der Waals surface area (Å²) in [7, 11) is 0. The Morgan fingerprint density at radius 3 is 2.11 bits per heavy atom. The van der Waals surface area contributed by atoms with Gasteiger partial charge in [-0.05, 0) is 23.3 Å². The van der Waals surface area contributed by atoms with Gasteiger partial charge in [-0.1, -0.05) is 46.3 Å². The second kappa shape index (κ2) is 5.96. The normalized spacial score (nSPS) is 10.4. The molecule has 0 bridgehead atoms. The van der Waals surface area contributed by atoms with Gasteiger partial charge >= 0.3 is 0 Å². The molecule has 2 rings (SSSR count). The van der Waals surface area contributed by atoms with Crippen molar-refractivity contribution in [3.8, 4) is 5.75 Å². The van der Waals surface area contributed by atoms with Gasteiger partial charge in [0, 0.05) is 5.33 Å². The average Bonchev–Trinajstić information content (AvgIpc) is 2.38. The molecule has 0 spiro atoms. The van der Waals surface area contributed by atoms with Crippen LogP contribution in [-0.4, -0.2) is 0 Å². The summed E-state index contributed by atoms with van der Waals surface area (Å²) in [5.41, 5.74) is 1.40. The van der Waals surface area contributed by atoms with Gasteiger partial charge in [0.2, 0.25) is 0 Å². The Balaban J connectivity index is 2.15. The van der Waals surface area contributed by atoms with Crippen LogP contribution in [0.3, 0.4) is 0 Å². The number of hydrogen-bond acceptors (Lipinski definition) is 1. The standard InChI is InChI=1S/C14H11BrF2O/c15-8-11-6-12(16)14(13(17)7-11)18-9-10-4-2-1-3-5-10/h1-7H,8-9H2. The summed E-state index contributed by atoms with van der Waals surface area (Å²) in [6.45, 7) is 0.141. The minimum absolute atomic E-state index is 0.141. The maximum atomic E-state index is 13.6. The summed E-state index contributed by atoms with van der Waals surface area (Å²) in [5.74, 6) is -1.69. The molecule has 0 saturated heterocycles. The molecule has 1 nitrogen and oxygen atoms in total. The van der Waals surface area contributed by atoms with Gasteiger partial charge < -0.3 is 4.74 Å². The van der Waals surface area contributed by atoms with Crippen LogP contribution in [0.25, 0.3) is 0 Å². The largest absolute Gasteiger partial charge is 0.483 e. The lowest BCUT2D eigenvalue weighted by molar-refractivity contribution is 0.274. The fourth-order valence-corrected chi connectivity index (χ4v) is 1.88. The summed E-state index contributed by atoms with van der Waals surface area (Å²) in [6.07, 6.45) is 0. The van der Waals surface area contributed by atoms with Crippen LogP contribution in [0.5, 0.6) is 5.75 Å². The van der Waals surface area contributed by atoms with Gasteiger partial charge in [-0.3, -0.25) is 0 Å². The minimum atomic E-state index is -0.680. The number of rotatable bonds is 4. The topological polar surface area (TPSA) is 9.23 Å². The van der Waals surface area contributed by atoms with E-state index in [-0.39, 0.29) is 12.4 Å². The first-order valence-corrected chi connectivity index (χ1v) is 6.53. The van der Waals surface area contributed by atoms with Crippen LogP contribution in [-0.2, 0) is 11.9 Å². The minimum Gasteiger partial charge on any atom is -0.483 e. The second-order valence-electron chi connectivity index (χ2n) is 3.80. The van der Waals surface area contributed by atoms with Crippen molar-refractivity contribution in [3.05, 3.63) is 65.2 Å². The highest BCUT2D eigenvalue weighted by atomic mass is 79.9. The molecule has 94 valence electrons. The third-order valence-corrected chi connectivity index (χ3v) is 3.09. The van der Waals surface area contributed by atoms with Gasteiger partial charge in [0.1, 0.15) is 6.61 Å². The van der Waals surface area contributed by atoms with Gasteiger partial charge in [-0.2, -0.15) is 0 Å². The third kappa shape index (κ3) is 3.07. The Labute approximate surface area is 113 Å². The van der Waals surface area contributed by atoms with Crippen molar-refractivity contribution in [2.45, 2.75) is 11.9 Å². The molecule has 0 aliphatic heterocycles. The van der Waals surface area contributed by atoms with Gasteiger partial charge in [0.25, 0.3) is 0 Å². The molecule has 0 radical (unpaired) electrons. The first kappa shape index (κ1) is 13.0. The monoisotopic (exact) mass is 312 g/mol. The molecule has 0 unspecified atom stereocenters. The van der Waals surface area contributed by atoms with Crippen LogP contribution < -0.4 is 4.74 Å². The van der Waals surface area contributed by atoms with Gasteiger partial charge in [0.15, 0.2) is 17.4 Å². The van der Waals surface area contributed by atoms with Crippen LogP contribution in [0.4, 0.5) is 8.78 Å². The predicted octanol–water partition coefficient (Wildman–Crippen LogP) is 4.44. The first-order valence-electron chi connectivity index (χ1n) is 5.41. The zero-order valence-corrected chi connectivity index (χ0v) is 11.1. The van der Waals surface area contributed by atoms with Crippen molar-refractivity contribution >= 4 is 15.9 Å². The highest BCUT2D eigenvalue weighted by molar-refractivity contribution is 9.08. The number of ether oxygens (including phenoxy) is 1. The van der Waals surface area contributed by atoms with E-state index in [1.54, 1.807) is 0 Å². The molecule has 0 amide bonds. The van der Waals surface area contributed by atoms with E-state index in [0.717, 1.165) is 5.56 Å². The van der Waals surface area contributed by atoms with E-state index in [1.165, 1.54) is 12.1 Å². The molecule has 0 aromatic heterocycles. The molecule has 0 atom stereocenters. The highest BCUT2D eigenvalue weighted by Crippen LogP contribution is 2.25. The lowest BCUT2D eigenvalue weighted by atomic mass is 10.2. The Hall–Kier alpha value is -1.42. The van der Waals surface area contributed by atoms with Gasteiger partial charge in [0.05, 0.1) is 0 Å². The van der Waals surface area contributed by atoms with E-state index in [1.807, 2.05) is 30.3 Å². The average molecular weight is 313 g/mol. The maximum absolute atomic E-state index is 13.6. The van der Waals surface area contributed by atoms with Gasteiger partial charge in [-0.15, -0.1) is 0 Å². The fourth-order valence-electron chi connectivity index (χ4n) is 1.56. The molecular formula is C14H11BrF2O. The highest BCUT2D eigenvalue weighted by Gasteiger charge is 2.12. The van der Waals surface area contributed by atoms with Crippen LogP contribution in [0.1, 0.15) is 11.1 Å². The lowest BCUT2D eigenvalue weighted by Gasteiger charge is -2.09. The van der Waals surface area contributed by atoms with Crippen molar-refractivity contribution < 1.29 is 13.5 Å². The fraction of sp³-hybridized carbons (Fsp3) is 0.143. The zero-order valence-electron chi connectivity index (χ0n) is 9.50. The Morgan fingerprint density at radius 1 is 0.944 bits per heavy atom. The SMILES string of the molecule is Fc1cc(CBr)cc(F)c1OCc1ccccc1. The molecule has 0 aliphatic rings. The predicted molar refractivity (Wildman–Crippen MR) is 69.8 cm³/mol. The Kier molecular flexibility index (Phi) is 4.31. The molecule has 0 aliphatic carbocycles. The van der Waals surface area contributed by atoms with E-state index in [4.69, 9.17) is 4.74 Å². The van der Waals surface area contributed by atoms with Crippen molar-refractivity contribution in [1.29, 1.82) is 0 Å². The second-order valence-corrected chi connectivity index (χ2v) is 4.36. The van der Waals surface area contributed by atoms with Crippen LogP contribution in [0.2, 0.25) is 0 Å². The van der Waals surface area contributed by atoms with Crippen LogP contribution in [0, 0.1) is 11.6 Å². The molecule has 0 fully saturated rings. The van der Waals surface area contributed by atoms with E-state index in [2.05, 4.69) is 15.9 Å². The molecule has 0 saturated carbocycles. The molecule has 0 heterocycles. The summed E-state index contributed by atoms with van der Waals surface area (Å²) < 4.78 is 32.4. The smallest absolute Gasteiger partial charge is 0.191 e. The summed E-state index contributed by atoms with van der Waals surface area (Å²) >= 11 is 3.15. The van der Waals surface area contributed by atoms with E-state index >= 15 is 0 Å². The molecular weight excluding hydrogens is 302 g/mol. The van der Waals surface area contributed by atoms with Gasteiger partial charge in [-0.25, -0.2) is 8.78 Å². The van der Waals surface area contributed by atoms with Crippen LogP contribution >= 0.6 is 15.9 Å². The van der Waals surface area contributed by atoms with E-state index in [9.17, 15) is 8.78 Å². The molecule has 4 heteroatoms. The number of hydrogen-bond donors (Lipinski definition) is 0. The number of halogens is 3. The van der Waals surface area contributed by atoms with Crippen molar-refractivity contribution in [2.24, 2.45) is 0 Å². The summed E-state index contributed by atoms with van der Waals surface area (Å²) in [4.78, 5) is 0. The Morgan fingerprint density at radius 2 is 1.56 bits per heavy atom. The van der Waals surface area contributed by atoms with Crippen LogP contribution in [0.15, 0.2) is 42.5 Å². The third-order valence-electron chi connectivity index (χ3n) is 2.44. The van der Waals surface area contributed by atoms with Crippen molar-refractivity contribution in [1.82, 2.24) is 0 Å². The van der Waals surface area contributed by atoms with Crippen molar-refractivity contribution in [2.75, 3.05) is 0 Å². The zero-order chi connectivity index (χ0) is 13.0. The quantitative estimate of drug-likeness (QED) is 0.758. The molecule has 0 N–H and O–H groups in total. The van der Waals surface area contributed by atoms with Crippen molar-refractivity contribution in [3.63, 3.8) is 0 Å². The first-order chi connectivity index (χ1) is 8.70. The number of alkyl halides is 1. The molecule has 2 aromatic rings. The van der Waals surface area contributed by atoms with E-state index in [0.29, 0.717) is 10.9 Å². The lowest BCUT2D eigenvalue weighted by Crippen LogP contribution is -2.00. The Bertz CT molecular complexity index is 506. The maximum Gasteiger partial charge on any atom is 0.191 e. The molecule has 18 heavy (non-hydrogen) atoms. The number of benzene rings is 2. The summed E-state index contributed by atoms with van der Waals surface area (Å²) in [6, 6.07) is 11.8. The van der Waals surface area contributed by atoms with E-state index < -0.39 is 11.6 Å². The molecule has 2 aromatic carbocycles. The summed E-state index contributed by atoms with van der Waals surface area (Å²) in [5, 5.41) is 0.403.